The average Bonchev–Trinajstić information content (AvgIpc) is 3.36. The fourth-order valence-electron chi connectivity index (χ4n) is 8.28. The van der Waals surface area contributed by atoms with Crippen molar-refractivity contribution in [2.45, 2.75) is 296 Å². The third-order valence-corrected chi connectivity index (χ3v) is 14.7. The number of phosphoric ester groups is 2. The van der Waals surface area contributed by atoms with Gasteiger partial charge in [-0.2, -0.15) is 0 Å². The molecule has 0 amide bonds. The van der Waals surface area contributed by atoms with E-state index >= 15 is 0 Å². The highest BCUT2D eigenvalue weighted by atomic mass is 31.2. The molecule has 0 radical (unpaired) electrons. The van der Waals surface area contributed by atoms with E-state index in [0.29, 0.717) is 19.3 Å². The number of unbranched alkanes of at least 4 members (excludes halogenated alkanes) is 34. The quantitative estimate of drug-likeness (QED) is 0.0192. The summed E-state index contributed by atoms with van der Waals surface area (Å²) in [5.41, 5.74) is 0. The number of hydrogen-bond acceptors (Lipinski definition) is 14. The Balaban J connectivity index is 4.58. The normalized spacial score (nSPS) is 14.6. The predicted molar refractivity (Wildman–Crippen MR) is 289 cm³/mol. The maximum Gasteiger partial charge on any atom is 0.472 e. The maximum absolute atomic E-state index is 12.8. The van der Waals surface area contributed by atoms with Crippen molar-refractivity contribution < 1.29 is 75.8 Å². The van der Waals surface area contributed by atoms with Gasteiger partial charge in [0.2, 0.25) is 0 Å². The number of aliphatic hydroxyl groups is 2. The molecule has 4 N–H and O–H groups in total. The highest BCUT2D eigenvalue weighted by Crippen LogP contribution is 2.45. The summed E-state index contributed by atoms with van der Waals surface area (Å²) in [6.07, 6.45) is 39.0. The molecule has 16 nitrogen and oxygen atoms in total. The van der Waals surface area contributed by atoms with Crippen molar-refractivity contribution in [3.8, 4) is 0 Å². The van der Waals surface area contributed by atoms with Crippen LogP contribution in [0, 0.1) is 0 Å². The van der Waals surface area contributed by atoms with Gasteiger partial charge in [-0.1, -0.05) is 239 Å². The first-order valence-corrected chi connectivity index (χ1v) is 32.3. The van der Waals surface area contributed by atoms with Gasteiger partial charge in [0.05, 0.1) is 26.4 Å². The Morgan fingerprint density at radius 3 is 0.863 bits per heavy atom. The van der Waals surface area contributed by atoms with Gasteiger partial charge in [-0.05, 0) is 19.3 Å². The van der Waals surface area contributed by atoms with Crippen LogP contribution in [0.15, 0.2) is 0 Å². The predicted octanol–water partition coefficient (Wildman–Crippen LogP) is 14.6. The van der Waals surface area contributed by atoms with Gasteiger partial charge in [0.25, 0.3) is 0 Å². The van der Waals surface area contributed by atoms with Gasteiger partial charge in [-0.25, -0.2) is 9.13 Å². The second kappa shape index (κ2) is 51.3. The number of carbonyl (C=O) groups is 3. The molecule has 0 aromatic carbocycles. The number of ether oxygens (including phenoxy) is 3. The van der Waals surface area contributed by atoms with E-state index in [4.69, 9.17) is 32.3 Å². The Morgan fingerprint density at radius 1 is 0.329 bits per heavy atom. The summed E-state index contributed by atoms with van der Waals surface area (Å²) in [5, 5.41) is 20.4. The maximum atomic E-state index is 12.8. The van der Waals surface area contributed by atoms with Crippen molar-refractivity contribution >= 4 is 33.6 Å². The van der Waals surface area contributed by atoms with Gasteiger partial charge in [0.15, 0.2) is 6.10 Å². The summed E-state index contributed by atoms with van der Waals surface area (Å²) >= 11 is 0. The Labute approximate surface area is 443 Å². The van der Waals surface area contributed by atoms with Crippen LogP contribution in [0.25, 0.3) is 0 Å². The van der Waals surface area contributed by atoms with Crippen LogP contribution in [0.5, 0.6) is 0 Å². The lowest BCUT2D eigenvalue weighted by Gasteiger charge is -2.21. The molecule has 0 fully saturated rings. The molecule has 18 heteroatoms. The molecule has 434 valence electrons. The summed E-state index contributed by atoms with van der Waals surface area (Å²) in [6, 6.07) is 0. The lowest BCUT2D eigenvalue weighted by atomic mass is 10.0. The molecule has 0 spiro atoms. The van der Waals surface area contributed by atoms with Crippen LogP contribution in [0.4, 0.5) is 0 Å². The number of carbonyl (C=O) groups excluding carboxylic acids is 3. The van der Waals surface area contributed by atoms with Crippen LogP contribution < -0.4 is 0 Å². The standard InChI is InChI=1S/C55H108O16P2/c1-4-7-10-13-16-19-22-23-24-25-28-30-32-35-38-41-53(58)65-44-50(56)45-67-72(61,62)68-46-51(57)47-69-73(63,64)70-49-52(71-55(60)43-40-37-34-31-27-21-18-15-12-9-6-3)48-66-54(59)42-39-36-33-29-26-20-17-14-11-8-5-2/h50-52,56-57H,4-49H2,1-3H3,(H,61,62)(H,63,64). The molecule has 0 heterocycles. The van der Waals surface area contributed by atoms with Crippen molar-refractivity contribution in [3.63, 3.8) is 0 Å². The van der Waals surface area contributed by atoms with E-state index in [1.807, 2.05) is 0 Å². The molecule has 73 heavy (non-hydrogen) atoms. The molecule has 5 atom stereocenters. The molecule has 0 aromatic rings. The topological polar surface area (TPSA) is 231 Å². The Morgan fingerprint density at radius 2 is 0.562 bits per heavy atom. The largest absolute Gasteiger partial charge is 0.472 e. The molecule has 0 saturated carbocycles. The van der Waals surface area contributed by atoms with Crippen molar-refractivity contribution in [2.75, 3.05) is 39.6 Å². The van der Waals surface area contributed by atoms with E-state index in [1.54, 1.807) is 0 Å². The average molecular weight is 1090 g/mol. The van der Waals surface area contributed by atoms with E-state index in [9.17, 15) is 43.5 Å². The van der Waals surface area contributed by atoms with Crippen LogP contribution >= 0.6 is 15.6 Å². The monoisotopic (exact) mass is 1090 g/mol. The fourth-order valence-corrected chi connectivity index (χ4v) is 9.86. The van der Waals surface area contributed by atoms with Crippen LogP contribution in [-0.4, -0.2) is 95.9 Å². The van der Waals surface area contributed by atoms with E-state index in [0.717, 1.165) is 64.2 Å². The summed E-state index contributed by atoms with van der Waals surface area (Å²) < 4.78 is 60.5. The Bertz CT molecular complexity index is 1370. The third-order valence-electron chi connectivity index (χ3n) is 12.8. The molecule has 0 aliphatic rings. The summed E-state index contributed by atoms with van der Waals surface area (Å²) in [6.45, 7) is 2.68. The number of aliphatic hydroxyl groups excluding tert-OH is 2. The number of phosphoric acid groups is 2. The number of esters is 3. The number of hydrogen-bond donors (Lipinski definition) is 4. The molecule has 0 aromatic heterocycles. The zero-order valence-corrected chi connectivity index (χ0v) is 48.1. The molecule has 0 aliphatic carbocycles. The Hall–Kier alpha value is -1.45. The van der Waals surface area contributed by atoms with Crippen molar-refractivity contribution in [3.05, 3.63) is 0 Å². The minimum atomic E-state index is -4.89. The summed E-state index contributed by atoms with van der Waals surface area (Å²) in [7, 11) is -9.72. The minimum absolute atomic E-state index is 0.115. The first kappa shape index (κ1) is 71.5. The molecular formula is C55H108O16P2. The molecule has 0 rings (SSSR count). The molecule has 0 bridgehead atoms. The highest BCUT2D eigenvalue weighted by Gasteiger charge is 2.29. The van der Waals surface area contributed by atoms with Crippen LogP contribution in [0.2, 0.25) is 0 Å². The van der Waals surface area contributed by atoms with Crippen molar-refractivity contribution in [1.29, 1.82) is 0 Å². The van der Waals surface area contributed by atoms with Crippen LogP contribution in [0.1, 0.15) is 278 Å². The zero-order chi connectivity index (χ0) is 53.9. The van der Waals surface area contributed by atoms with E-state index in [-0.39, 0.29) is 19.3 Å². The Kier molecular flexibility index (Phi) is 50.3. The minimum Gasteiger partial charge on any atom is -0.463 e. The molecule has 0 saturated heterocycles. The lowest BCUT2D eigenvalue weighted by molar-refractivity contribution is -0.161. The third kappa shape index (κ3) is 52.4. The smallest absolute Gasteiger partial charge is 0.463 e. The second-order valence-corrected chi connectivity index (χ2v) is 23.1. The van der Waals surface area contributed by atoms with Gasteiger partial charge in [-0.15, -0.1) is 0 Å². The lowest BCUT2D eigenvalue weighted by Crippen LogP contribution is -2.30. The van der Waals surface area contributed by atoms with Gasteiger partial charge in [0.1, 0.15) is 25.4 Å². The molecule has 5 unspecified atom stereocenters. The second-order valence-electron chi connectivity index (χ2n) is 20.2. The van der Waals surface area contributed by atoms with Crippen molar-refractivity contribution in [1.82, 2.24) is 0 Å². The first-order valence-electron chi connectivity index (χ1n) is 29.3. The zero-order valence-electron chi connectivity index (χ0n) is 46.3. The van der Waals surface area contributed by atoms with Crippen LogP contribution in [0.3, 0.4) is 0 Å². The van der Waals surface area contributed by atoms with Gasteiger partial charge < -0.3 is 34.2 Å². The van der Waals surface area contributed by atoms with E-state index in [1.165, 1.54) is 154 Å². The number of rotatable bonds is 57. The summed E-state index contributed by atoms with van der Waals surface area (Å²) in [4.78, 5) is 57.9. The van der Waals surface area contributed by atoms with Gasteiger partial charge in [-0.3, -0.25) is 32.5 Å². The SMILES string of the molecule is CCCCCCCCCCCCCCCCCC(=O)OCC(O)COP(=O)(O)OCC(O)COP(=O)(O)OCC(COC(=O)CCCCCCCCCCCCC)OC(=O)CCCCCCCCCCCCC. The summed E-state index contributed by atoms with van der Waals surface area (Å²) in [5.74, 6) is -1.55. The van der Waals surface area contributed by atoms with Gasteiger partial charge in [0, 0.05) is 19.3 Å². The van der Waals surface area contributed by atoms with E-state index < -0.39 is 91.5 Å². The highest BCUT2D eigenvalue weighted by molar-refractivity contribution is 7.47. The van der Waals surface area contributed by atoms with Crippen LogP contribution in [-0.2, 0) is 55.8 Å². The van der Waals surface area contributed by atoms with Crippen molar-refractivity contribution in [2.24, 2.45) is 0 Å². The first-order chi connectivity index (χ1) is 35.2. The van der Waals surface area contributed by atoms with E-state index in [2.05, 4.69) is 20.8 Å². The van der Waals surface area contributed by atoms with Gasteiger partial charge >= 0.3 is 33.6 Å². The fraction of sp³-hybridized carbons (Fsp3) is 0.945. The molecule has 0 aliphatic heterocycles. The molecular weight excluding hydrogens is 979 g/mol.